The second-order valence-electron chi connectivity index (χ2n) is 3.38. The van der Waals surface area contributed by atoms with Gasteiger partial charge in [0.05, 0.1) is 6.10 Å². The third-order valence-corrected chi connectivity index (χ3v) is 2.25. The fourth-order valence-corrected chi connectivity index (χ4v) is 0.733. The predicted molar refractivity (Wildman–Crippen MR) is 53.3 cm³/mol. The first kappa shape index (κ1) is 12.4. The molecule has 0 heterocycles. The Kier molecular flexibility index (Phi) is 6.59. The first-order chi connectivity index (χ1) is 6.11. The third kappa shape index (κ3) is 5.64. The molecule has 3 nitrogen and oxygen atoms in total. The molecular formula is C10H21NO2. The highest BCUT2D eigenvalue weighted by Gasteiger charge is 2.09. The average molecular weight is 187 g/mol. The van der Waals surface area contributed by atoms with Crippen LogP contribution in [0.1, 0.15) is 40.5 Å². The molecule has 2 atom stereocenters. The molecule has 0 aromatic rings. The summed E-state index contributed by atoms with van der Waals surface area (Å²) in [5.41, 5.74) is 0. The van der Waals surface area contributed by atoms with Crippen molar-refractivity contribution < 1.29 is 9.53 Å². The van der Waals surface area contributed by atoms with Crippen molar-refractivity contribution in [3.63, 3.8) is 0 Å². The van der Waals surface area contributed by atoms with Crippen molar-refractivity contribution >= 4 is 5.91 Å². The third-order valence-electron chi connectivity index (χ3n) is 2.25. The zero-order chi connectivity index (χ0) is 10.3. The van der Waals surface area contributed by atoms with Crippen LogP contribution in [-0.2, 0) is 9.53 Å². The molecule has 0 saturated heterocycles. The summed E-state index contributed by atoms with van der Waals surface area (Å²) in [7, 11) is 0. The molecule has 0 bridgehead atoms. The summed E-state index contributed by atoms with van der Waals surface area (Å²) in [6.07, 6.45) is 2.06. The SMILES string of the molecule is CCC(C)OCNC(=O)C(C)CC. The molecule has 78 valence electrons. The molecule has 2 unspecified atom stereocenters. The van der Waals surface area contributed by atoms with Gasteiger partial charge in [0.2, 0.25) is 5.91 Å². The van der Waals surface area contributed by atoms with Gasteiger partial charge in [-0.3, -0.25) is 4.79 Å². The van der Waals surface area contributed by atoms with Gasteiger partial charge in [0.1, 0.15) is 6.73 Å². The largest absolute Gasteiger partial charge is 0.358 e. The van der Waals surface area contributed by atoms with E-state index in [1.807, 2.05) is 20.8 Å². The quantitative estimate of drug-likeness (QED) is 0.645. The predicted octanol–water partition coefficient (Wildman–Crippen LogP) is 1.92. The van der Waals surface area contributed by atoms with Crippen LogP contribution >= 0.6 is 0 Å². The molecule has 0 aliphatic rings. The normalized spacial score (nSPS) is 15.1. The van der Waals surface area contributed by atoms with Gasteiger partial charge in [-0.1, -0.05) is 20.8 Å². The van der Waals surface area contributed by atoms with Gasteiger partial charge in [-0.05, 0) is 19.8 Å². The van der Waals surface area contributed by atoms with E-state index in [1.165, 1.54) is 0 Å². The molecule has 1 amide bonds. The fraction of sp³-hybridized carbons (Fsp3) is 0.900. The van der Waals surface area contributed by atoms with E-state index in [4.69, 9.17) is 4.74 Å². The maximum absolute atomic E-state index is 11.3. The van der Waals surface area contributed by atoms with E-state index in [0.29, 0.717) is 6.73 Å². The Hall–Kier alpha value is -0.570. The lowest BCUT2D eigenvalue weighted by Gasteiger charge is -2.13. The number of ether oxygens (including phenoxy) is 1. The van der Waals surface area contributed by atoms with Crippen molar-refractivity contribution in [2.75, 3.05) is 6.73 Å². The second kappa shape index (κ2) is 6.89. The van der Waals surface area contributed by atoms with Crippen molar-refractivity contribution in [2.45, 2.75) is 46.6 Å². The number of carbonyl (C=O) groups excluding carboxylic acids is 1. The molecule has 0 rings (SSSR count). The van der Waals surface area contributed by atoms with Crippen molar-refractivity contribution in [2.24, 2.45) is 5.92 Å². The van der Waals surface area contributed by atoms with E-state index < -0.39 is 0 Å². The lowest BCUT2D eigenvalue weighted by molar-refractivity contribution is -0.126. The Morgan fingerprint density at radius 2 is 1.92 bits per heavy atom. The van der Waals surface area contributed by atoms with E-state index in [9.17, 15) is 4.79 Å². The van der Waals surface area contributed by atoms with Gasteiger partial charge in [-0.15, -0.1) is 0 Å². The smallest absolute Gasteiger partial charge is 0.224 e. The molecule has 0 aliphatic heterocycles. The fourth-order valence-electron chi connectivity index (χ4n) is 0.733. The summed E-state index contributed by atoms with van der Waals surface area (Å²) in [4.78, 5) is 11.3. The van der Waals surface area contributed by atoms with Crippen molar-refractivity contribution in [3.8, 4) is 0 Å². The Bertz CT molecular complexity index is 148. The molecule has 3 heteroatoms. The first-order valence-corrected chi connectivity index (χ1v) is 5.01. The van der Waals surface area contributed by atoms with Crippen molar-refractivity contribution in [1.82, 2.24) is 5.32 Å². The number of hydrogen-bond donors (Lipinski definition) is 1. The maximum atomic E-state index is 11.3. The lowest BCUT2D eigenvalue weighted by Crippen LogP contribution is -2.32. The van der Waals surface area contributed by atoms with Gasteiger partial charge in [0.15, 0.2) is 0 Å². The van der Waals surface area contributed by atoms with Gasteiger partial charge >= 0.3 is 0 Å². The number of amides is 1. The van der Waals surface area contributed by atoms with Crippen LogP contribution in [0.2, 0.25) is 0 Å². The van der Waals surface area contributed by atoms with Gasteiger partial charge in [-0.2, -0.15) is 0 Å². The molecule has 0 radical (unpaired) electrons. The molecule has 0 aliphatic carbocycles. The minimum Gasteiger partial charge on any atom is -0.358 e. The summed E-state index contributed by atoms with van der Waals surface area (Å²) < 4.78 is 5.32. The summed E-state index contributed by atoms with van der Waals surface area (Å²) in [6.45, 7) is 8.30. The van der Waals surface area contributed by atoms with E-state index in [1.54, 1.807) is 0 Å². The van der Waals surface area contributed by atoms with Gasteiger partial charge in [-0.25, -0.2) is 0 Å². The number of carbonyl (C=O) groups is 1. The molecule has 0 saturated carbocycles. The molecular weight excluding hydrogens is 166 g/mol. The van der Waals surface area contributed by atoms with Crippen LogP contribution in [0.3, 0.4) is 0 Å². The Morgan fingerprint density at radius 3 is 2.38 bits per heavy atom. The zero-order valence-corrected chi connectivity index (χ0v) is 9.09. The van der Waals surface area contributed by atoms with Crippen molar-refractivity contribution in [3.05, 3.63) is 0 Å². The van der Waals surface area contributed by atoms with Gasteiger partial charge in [0.25, 0.3) is 0 Å². The van der Waals surface area contributed by atoms with Gasteiger partial charge < -0.3 is 10.1 Å². The van der Waals surface area contributed by atoms with Crippen LogP contribution in [0.5, 0.6) is 0 Å². The van der Waals surface area contributed by atoms with Crippen LogP contribution in [0.15, 0.2) is 0 Å². The first-order valence-electron chi connectivity index (χ1n) is 5.01. The molecule has 0 aromatic carbocycles. The number of nitrogens with one attached hydrogen (secondary N) is 1. The second-order valence-corrected chi connectivity index (χ2v) is 3.38. The average Bonchev–Trinajstić information content (AvgIpc) is 2.15. The standard InChI is InChI=1S/C10H21NO2/c1-5-8(3)10(12)11-7-13-9(4)6-2/h8-9H,5-7H2,1-4H3,(H,11,12). The summed E-state index contributed by atoms with van der Waals surface area (Å²) in [6, 6.07) is 0. The summed E-state index contributed by atoms with van der Waals surface area (Å²) in [5, 5.41) is 2.74. The molecule has 13 heavy (non-hydrogen) atoms. The summed E-state index contributed by atoms with van der Waals surface area (Å²) >= 11 is 0. The Balaban J connectivity index is 3.47. The maximum Gasteiger partial charge on any atom is 0.224 e. The van der Waals surface area contributed by atoms with Crippen LogP contribution in [0.25, 0.3) is 0 Å². The molecule has 0 spiro atoms. The van der Waals surface area contributed by atoms with Crippen LogP contribution in [0, 0.1) is 5.92 Å². The van der Waals surface area contributed by atoms with Crippen LogP contribution in [-0.4, -0.2) is 18.7 Å². The highest BCUT2D eigenvalue weighted by Crippen LogP contribution is 2.00. The van der Waals surface area contributed by atoms with E-state index in [2.05, 4.69) is 12.2 Å². The van der Waals surface area contributed by atoms with Crippen LogP contribution in [0.4, 0.5) is 0 Å². The Labute approximate surface area is 80.8 Å². The highest BCUT2D eigenvalue weighted by molar-refractivity contribution is 5.77. The number of rotatable bonds is 6. The Morgan fingerprint density at radius 1 is 1.31 bits per heavy atom. The van der Waals surface area contributed by atoms with E-state index >= 15 is 0 Å². The lowest BCUT2D eigenvalue weighted by atomic mass is 10.1. The van der Waals surface area contributed by atoms with E-state index in [0.717, 1.165) is 12.8 Å². The van der Waals surface area contributed by atoms with Gasteiger partial charge in [0, 0.05) is 5.92 Å². The summed E-state index contributed by atoms with van der Waals surface area (Å²) in [5.74, 6) is 0.159. The van der Waals surface area contributed by atoms with Crippen LogP contribution < -0.4 is 5.32 Å². The highest BCUT2D eigenvalue weighted by atomic mass is 16.5. The molecule has 1 N–H and O–H groups in total. The minimum absolute atomic E-state index is 0.0748. The molecule has 0 aromatic heterocycles. The minimum atomic E-state index is 0.0748. The number of hydrogen-bond acceptors (Lipinski definition) is 2. The topological polar surface area (TPSA) is 38.3 Å². The van der Waals surface area contributed by atoms with E-state index in [-0.39, 0.29) is 17.9 Å². The molecule has 0 fully saturated rings. The monoisotopic (exact) mass is 187 g/mol. The zero-order valence-electron chi connectivity index (χ0n) is 9.09. The van der Waals surface area contributed by atoms with Crippen molar-refractivity contribution in [1.29, 1.82) is 0 Å².